The van der Waals surface area contributed by atoms with E-state index < -0.39 is 0 Å². The number of nitrogens with zero attached hydrogens (tertiary/aromatic N) is 2. The van der Waals surface area contributed by atoms with Crippen molar-refractivity contribution in [3.63, 3.8) is 0 Å². The summed E-state index contributed by atoms with van der Waals surface area (Å²) in [4.78, 5) is 0. The molecule has 3 nitrogen and oxygen atoms in total. The molecule has 0 aliphatic heterocycles. The van der Waals surface area contributed by atoms with E-state index in [1.54, 1.807) is 30.3 Å². The molecule has 4 heteroatoms. The first-order chi connectivity index (χ1) is 8.74. The Kier molecular flexibility index (Phi) is 3.62. The molecule has 0 atom stereocenters. The van der Waals surface area contributed by atoms with Crippen LogP contribution >= 0.6 is 15.9 Å². The van der Waals surface area contributed by atoms with Crippen molar-refractivity contribution in [2.75, 3.05) is 0 Å². The van der Waals surface area contributed by atoms with Crippen molar-refractivity contribution in [3.05, 3.63) is 58.1 Å². The smallest absolute Gasteiger partial charge is 0.162 e. The molecule has 86 valence electrons. The number of benzene rings is 2. The number of ether oxygens (including phenoxy) is 1. The van der Waals surface area contributed by atoms with Gasteiger partial charge in [-0.15, -0.1) is 0 Å². The molecule has 0 bridgehead atoms. The molecule has 0 amide bonds. The SMILES string of the molecule is N#Cc1cccc(C#N)c1Oc1ccc(Br)cc1. The highest BCUT2D eigenvalue weighted by molar-refractivity contribution is 9.10. The Bertz CT molecular complexity index is 619. The number of para-hydroxylation sites is 1. The van der Waals surface area contributed by atoms with Crippen molar-refractivity contribution in [3.8, 4) is 23.6 Å². The molecule has 0 fully saturated rings. The second-order valence-corrected chi connectivity index (χ2v) is 4.38. The third-order valence-corrected chi connectivity index (χ3v) is 2.82. The van der Waals surface area contributed by atoms with Crippen molar-refractivity contribution in [1.82, 2.24) is 0 Å². The van der Waals surface area contributed by atoms with Gasteiger partial charge in [-0.2, -0.15) is 10.5 Å². The van der Waals surface area contributed by atoms with E-state index in [0.29, 0.717) is 22.6 Å². The van der Waals surface area contributed by atoms with Crippen molar-refractivity contribution >= 4 is 15.9 Å². The summed E-state index contributed by atoms with van der Waals surface area (Å²) in [6.45, 7) is 0. The van der Waals surface area contributed by atoms with Gasteiger partial charge in [0.05, 0.1) is 11.1 Å². The normalized spacial score (nSPS) is 9.28. The zero-order valence-electron chi connectivity index (χ0n) is 9.22. The van der Waals surface area contributed by atoms with Crippen LogP contribution in [0.4, 0.5) is 0 Å². The molecule has 2 rings (SSSR count). The lowest BCUT2D eigenvalue weighted by molar-refractivity contribution is 0.479. The van der Waals surface area contributed by atoms with Gasteiger partial charge in [0.25, 0.3) is 0 Å². The minimum atomic E-state index is 0.296. The predicted molar refractivity (Wildman–Crippen MR) is 70.1 cm³/mol. The molecule has 0 aliphatic carbocycles. The molecule has 0 spiro atoms. The molecule has 2 aromatic carbocycles. The highest BCUT2D eigenvalue weighted by atomic mass is 79.9. The lowest BCUT2D eigenvalue weighted by Crippen LogP contribution is -1.91. The van der Waals surface area contributed by atoms with Gasteiger partial charge in [-0.1, -0.05) is 22.0 Å². The molecule has 0 saturated carbocycles. The Labute approximate surface area is 113 Å². The Morgan fingerprint density at radius 3 is 1.94 bits per heavy atom. The van der Waals surface area contributed by atoms with Gasteiger partial charge in [0.1, 0.15) is 17.9 Å². The van der Waals surface area contributed by atoms with E-state index in [9.17, 15) is 0 Å². The maximum Gasteiger partial charge on any atom is 0.162 e. The largest absolute Gasteiger partial charge is 0.455 e. The quantitative estimate of drug-likeness (QED) is 0.842. The van der Waals surface area contributed by atoms with Crippen LogP contribution in [0.2, 0.25) is 0 Å². The van der Waals surface area contributed by atoms with Gasteiger partial charge >= 0.3 is 0 Å². The van der Waals surface area contributed by atoms with Crippen LogP contribution in [0.25, 0.3) is 0 Å². The van der Waals surface area contributed by atoms with Crippen LogP contribution in [0, 0.1) is 22.7 Å². The fourth-order valence-electron chi connectivity index (χ4n) is 1.44. The van der Waals surface area contributed by atoms with E-state index in [1.807, 2.05) is 24.3 Å². The first-order valence-electron chi connectivity index (χ1n) is 5.11. The Hall–Kier alpha value is -2.30. The van der Waals surface area contributed by atoms with Gasteiger partial charge in [0, 0.05) is 4.47 Å². The topological polar surface area (TPSA) is 56.8 Å². The summed E-state index contributed by atoms with van der Waals surface area (Å²) in [6, 6.07) is 16.1. The van der Waals surface area contributed by atoms with Gasteiger partial charge in [-0.25, -0.2) is 0 Å². The molecule has 0 radical (unpaired) electrons. The third kappa shape index (κ3) is 2.51. The van der Waals surface area contributed by atoms with Crippen LogP contribution in [-0.4, -0.2) is 0 Å². The molecule has 0 heterocycles. The van der Waals surface area contributed by atoms with Gasteiger partial charge < -0.3 is 4.74 Å². The van der Waals surface area contributed by atoms with E-state index in [4.69, 9.17) is 15.3 Å². The second-order valence-electron chi connectivity index (χ2n) is 3.46. The number of rotatable bonds is 2. The Balaban J connectivity index is 2.43. The fourth-order valence-corrected chi connectivity index (χ4v) is 1.71. The molecular formula is C14H7BrN2O. The van der Waals surface area contributed by atoms with Crippen LogP contribution < -0.4 is 4.74 Å². The standard InChI is InChI=1S/C14H7BrN2O/c15-12-4-6-13(7-5-12)18-14-10(8-16)2-1-3-11(14)9-17/h1-7H. The molecule has 0 N–H and O–H groups in total. The monoisotopic (exact) mass is 298 g/mol. The summed E-state index contributed by atoms with van der Waals surface area (Å²) in [6.07, 6.45) is 0. The summed E-state index contributed by atoms with van der Waals surface area (Å²) >= 11 is 3.33. The first kappa shape index (κ1) is 12.2. The molecule has 2 aromatic rings. The minimum Gasteiger partial charge on any atom is -0.455 e. The molecule has 0 aliphatic rings. The first-order valence-corrected chi connectivity index (χ1v) is 5.90. The average Bonchev–Trinajstić information content (AvgIpc) is 2.41. The van der Waals surface area contributed by atoms with E-state index >= 15 is 0 Å². The highest BCUT2D eigenvalue weighted by Gasteiger charge is 2.10. The zero-order chi connectivity index (χ0) is 13.0. The molecular weight excluding hydrogens is 292 g/mol. The van der Waals surface area contributed by atoms with Crippen LogP contribution in [0.15, 0.2) is 46.9 Å². The molecule has 0 unspecified atom stereocenters. The Morgan fingerprint density at radius 2 is 1.44 bits per heavy atom. The zero-order valence-corrected chi connectivity index (χ0v) is 10.8. The predicted octanol–water partition coefficient (Wildman–Crippen LogP) is 3.98. The maximum atomic E-state index is 9.01. The lowest BCUT2D eigenvalue weighted by atomic mass is 10.1. The van der Waals surface area contributed by atoms with E-state index in [0.717, 1.165) is 4.47 Å². The summed E-state index contributed by atoms with van der Waals surface area (Å²) in [7, 11) is 0. The Morgan fingerprint density at radius 1 is 0.889 bits per heavy atom. The van der Waals surface area contributed by atoms with E-state index in [1.165, 1.54) is 0 Å². The van der Waals surface area contributed by atoms with Crippen LogP contribution in [0.5, 0.6) is 11.5 Å². The number of hydrogen-bond donors (Lipinski definition) is 0. The highest BCUT2D eigenvalue weighted by Crippen LogP contribution is 2.29. The van der Waals surface area contributed by atoms with Crippen molar-refractivity contribution < 1.29 is 4.74 Å². The maximum absolute atomic E-state index is 9.01. The van der Waals surface area contributed by atoms with Gasteiger partial charge in [-0.05, 0) is 36.4 Å². The van der Waals surface area contributed by atoms with E-state index in [2.05, 4.69) is 15.9 Å². The summed E-state index contributed by atoms with van der Waals surface area (Å²) < 4.78 is 6.55. The van der Waals surface area contributed by atoms with Crippen LogP contribution in [0.3, 0.4) is 0 Å². The number of nitriles is 2. The van der Waals surface area contributed by atoms with Gasteiger partial charge in [-0.3, -0.25) is 0 Å². The third-order valence-electron chi connectivity index (χ3n) is 2.29. The van der Waals surface area contributed by atoms with Crippen molar-refractivity contribution in [2.24, 2.45) is 0 Å². The van der Waals surface area contributed by atoms with Crippen LogP contribution in [0.1, 0.15) is 11.1 Å². The minimum absolute atomic E-state index is 0.296. The molecule has 18 heavy (non-hydrogen) atoms. The molecule has 0 saturated heterocycles. The summed E-state index contributed by atoms with van der Waals surface area (Å²) in [5.41, 5.74) is 0.689. The van der Waals surface area contributed by atoms with Crippen molar-refractivity contribution in [2.45, 2.75) is 0 Å². The van der Waals surface area contributed by atoms with Gasteiger partial charge in [0.15, 0.2) is 5.75 Å². The van der Waals surface area contributed by atoms with E-state index in [-0.39, 0.29) is 0 Å². The molecule has 0 aromatic heterocycles. The second kappa shape index (κ2) is 5.35. The lowest BCUT2D eigenvalue weighted by Gasteiger charge is -2.08. The average molecular weight is 299 g/mol. The summed E-state index contributed by atoms with van der Waals surface area (Å²) in [5.74, 6) is 0.877. The number of hydrogen-bond acceptors (Lipinski definition) is 3. The van der Waals surface area contributed by atoms with Crippen LogP contribution in [-0.2, 0) is 0 Å². The number of halogens is 1. The van der Waals surface area contributed by atoms with Gasteiger partial charge in [0.2, 0.25) is 0 Å². The summed E-state index contributed by atoms with van der Waals surface area (Å²) in [5, 5.41) is 18.0. The fraction of sp³-hybridized carbons (Fsp3) is 0. The van der Waals surface area contributed by atoms with Crippen molar-refractivity contribution in [1.29, 1.82) is 10.5 Å².